The van der Waals surface area contributed by atoms with Crippen LogP contribution in [0, 0.1) is 6.92 Å². The Labute approximate surface area is 165 Å². The molecule has 0 N–H and O–H groups in total. The fourth-order valence-corrected chi connectivity index (χ4v) is 3.88. The lowest BCUT2D eigenvalue weighted by molar-refractivity contribution is 0.0602. The zero-order valence-electron chi connectivity index (χ0n) is 15.2. The highest BCUT2D eigenvalue weighted by molar-refractivity contribution is 7.98. The lowest BCUT2D eigenvalue weighted by atomic mass is 10.1. The predicted molar refractivity (Wildman–Crippen MR) is 107 cm³/mol. The zero-order chi connectivity index (χ0) is 19.6. The van der Waals surface area contributed by atoms with Crippen molar-refractivity contribution in [3.8, 4) is 0 Å². The molecule has 140 valence electrons. The molecule has 0 amide bonds. The van der Waals surface area contributed by atoms with Gasteiger partial charge in [0.2, 0.25) is 0 Å². The molecule has 0 aliphatic rings. The fraction of sp³-hybridized carbons (Fsp3) is 0.263. The molecule has 0 spiro atoms. The Kier molecular flexibility index (Phi) is 5.82. The highest BCUT2D eigenvalue weighted by Gasteiger charge is 2.20. The van der Waals surface area contributed by atoms with E-state index in [1.165, 1.54) is 18.9 Å². The Bertz CT molecular complexity index is 1060. The van der Waals surface area contributed by atoms with Gasteiger partial charge in [0.05, 0.1) is 18.1 Å². The van der Waals surface area contributed by atoms with Crippen LogP contribution in [0.3, 0.4) is 0 Å². The molecule has 0 bridgehead atoms. The van der Waals surface area contributed by atoms with Gasteiger partial charge in [0.1, 0.15) is 5.65 Å². The standard InChI is InChI=1S/C19H18ClN3O3S/c1-4-23-16-15(14(18(25)26-3)9-11(2)21-16)17(24)22-19(23)27-10-12-5-7-13(20)8-6-12/h5-9H,4,10H2,1-3H3. The number of thioether (sulfide) groups is 1. The summed E-state index contributed by atoms with van der Waals surface area (Å²) < 4.78 is 6.66. The molecule has 8 heteroatoms. The third-order valence-corrected chi connectivity index (χ3v) is 5.33. The molecule has 0 radical (unpaired) electrons. The average Bonchev–Trinajstić information content (AvgIpc) is 2.66. The van der Waals surface area contributed by atoms with Gasteiger partial charge in [0, 0.05) is 23.0 Å². The normalized spacial score (nSPS) is 11.0. The number of halogens is 1. The van der Waals surface area contributed by atoms with E-state index in [1.54, 1.807) is 13.0 Å². The number of carbonyl (C=O) groups excluding carboxylic acids is 1. The van der Waals surface area contributed by atoms with E-state index >= 15 is 0 Å². The Morgan fingerprint density at radius 1 is 1.26 bits per heavy atom. The van der Waals surface area contributed by atoms with Crippen molar-refractivity contribution in [1.82, 2.24) is 14.5 Å². The van der Waals surface area contributed by atoms with Crippen molar-refractivity contribution in [3.05, 3.63) is 62.5 Å². The molecular weight excluding hydrogens is 386 g/mol. The summed E-state index contributed by atoms with van der Waals surface area (Å²) in [6.07, 6.45) is 0. The Morgan fingerprint density at radius 3 is 2.59 bits per heavy atom. The van der Waals surface area contributed by atoms with Crippen molar-refractivity contribution < 1.29 is 9.53 Å². The number of aryl methyl sites for hydroxylation is 2. The van der Waals surface area contributed by atoms with Gasteiger partial charge in [-0.3, -0.25) is 4.79 Å². The third-order valence-electron chi connectivity index (χ3n) is 4.03. The summed E-state index contributed by atoms with van der Waals surface area (Å²) in [6.45, 7) is 4.28. The van der Waals surface area contributed by atoms with Gasteiger partial charge in [0.15, 0.2) is 5.16 Å². The molecule has 0 aliphatic carbocycles. The minimum Gasteiger partial charge on any atom is -0.465 e. The Balaban J connectivity index is 2.10. The maximum absolute atomic E-state index is 12.7. The number of rotatable bonds is 5. The summed E-state index contributed by atoms with van der Waals surface area (Å²) in [4.78, 5) is 33.5. The van der Waals surface area contributed by atoms with Crippen LogP contribution in [-0.4, -0.2) is 27.6 Å². The minimum atomic E-state index is -0.575. The largest absolute Gasteiger partial charge is 0.465 e. The molecule has 3 rings (SSSR count). The van der Waals surface area contributed by atoms with Gasteiger partial charge in [-0.1, -0.05) is 35.5 Å². The maximum atomic E-state index is 12.7. The average molecular weight is 404 g/mol. The third kappa shape index (κ3) is 3.99. The molecule has 0 atom stereocenters. The van der Waals surface area contributed by atoms with Crippen molar-refractivity contribution in [3.63, 3.8) is 0 Å². The lowest BCUT2D eigenvalue weighted by Crippen LogP contribution is -2.20. The van der Waals surface area contributed by atoms with E-state index in [0.717, 1.165) is 5.56 Å². The second-order valence-corrected chi connectivity index (χ2v) is 7.24. The van der Waals surface area contributed by atoms with Gasteiger partial charge in [-0.15, -0.1) is 0 Å². The zero-order valence-corrected chi connectivity index (χ0v) is 16.7. The van der Waals surface area contributed by atoms with Crippen LogP contribution < -0.4 is 5.56 Å². The van der Waals surface area contributed by atoms with Gasteiger partial charge in [-0.25, -0.2) is 9.78 Å². The summed E-state index contributed by atoms with van der Waals surface area (Å²) >= 11 is 7.36. The molecule has 2 heterocycles. The summed E-state index contributed by atoms with van der Waals surface area (Å²) in [6, 6.07) is 9.07. The van der Waals surface area contributed by atoms with Crippen molar-refractivity contribution in [2.45, 2.75) is 31.3 Å². The van der Waals surface area contributed by atoms with E-state index in [2.05, 4.69) is 9.97 Å². The summed E-state index contributed by atoms with van der Waals surface area (Å²) in [5.41, 5.74) is 1.84. The quantitative estimate of drug-likeness (QED) is 0.366. The van der Waals surface area contributed by atoms with Crippen LogP contribution in [0.15, 0.2) is 40.3 Å². The number of hydrogen-bond acceptors (Lipinski definition) is 6. The van der Waals surface area contributed by atoms with Crippen LogP contribution in [-0.2, 0) is 17.0 Å². The molecule has 2 aromatic heterocycles. The van der Waals surface area contributed by atoms with E-state index in [1.807, 2.05) is 35.8 Å². The van der Waals surface area contributed by atoms with Crippen LogP contribution in [0.4, 0.5) is 0 Å². The van der Waals surface area contributed by atoms with Gasteiger partial charge in [0.25, 0.3) is 5.56 Å². The Hall–Kier alpha value is -2.38. The number of ether oxygens (including phenoxy) is 1. The predicted octanol–water partition coefficient (Wildman–Crippen LogP) is 3.85. The summed E-state index contributed by atoms with van der Waals surface area (Å²) in [7, 11) is 1.28. The molecule has 3 aromatic rings. The highest BCUT2D eigenvalue weighted by atomic mass is 35.5. The van der Waals surface area contributed by atoms with Gasteiger partial charge in [-0.05, 0) is 37.6 Å². The smallest absolute Gasteiger partial charge is 0.338 e. The van der Waals surface area contributed by atoms with Crippen molar-refractivity contribution in [1.29, 1.82) is 0 Å². The van der Waals surface area contributed by atoms with E-state index in [-0.39, 0.29) is 10.9 Å². The van der Waals surface area contributed by atoms with Crippen LogP contribution >= 0.6 is 23.4 Å². The first-order valence-corrected chi connectivity index (χ1v) is 9.68. The van der Waals surface area contributed by atoms with Crippen molar-refractivity contribution in [2.75, 3.05) is 7.11 Å². The number of benzene rings is 1. The van der Waals surface area contributed by atoms with Crippen molar-refractivity contribution in [2.24, 2.45) is 0 Å². The fourth-order valence-electron chi connectivity index (χ4n) is 2.75. The molecule has 0 saturated heterocycles. The number of carbonyl (C=O) groups is 1. The van der Waals surface area contributed by atoms with E-state index < -0.39 is 11.5 Å². The van der Waals surface area contributed by atoms with Crippen LogP contribution in [0.25, 0.3) is 11.0 Å². The van der Waals surface area contributed by atoms with E-state index in [0.29, 0.717) is 33.8 Å². The summed E-state index contributed by atoms with van der Waals surface area (Å²) in [5.74, 6) is 0.0544. The van der Waals surface area contributed by atoms with Crippen LogP contribution in [0.1, 0.15) is 28.5 Å². The van der Waals surface area contributed by atoms with Crippen molar-refractivity contribution >= 4 is 40.4 Å². The topological polar surface area (TPSA) is 74.1 Å². The first kappa shape index (κ1) is 19.4. The molecule has 27 heavy (non-hydrogen) atoms. The first-order valence-electron chi connectivity index (χ1n) is 8.32. The highest BCUT2D eigenvalue weighted by Crippen LogP contribution is 2.25. The second kappa shape index (κ2) is 8.10. The number of aromatic nitrogens is 3. The molecule has 0 unspecified atom stereocenters. The van der Waals surface area contributed by atoms with Gasteiger partial charge in [-0.2, -0.15) is 4.98 Å². The summed E-state index contributed by atoms with van der Waals surface area (Å²) in [5, 5.41) is 1.41. The Morgan fingerprint density at radius 2 is 1.96 bits per heavy atom. The molecular formula is C19H18ClN3O3S. The minimum absolute atomic E-state index is 0.185. The van der Waals surface area contributed by atoms with Gasteiger partial charge >= 0.3 is 5.97 Å². The molecule has 1 aromatic carbocycles. The van der Waals surface area contributed by atoms with Crippen LogP contribution in [0.5, 0.6) is 0 Å². The SMILES string of the molecule is CCn1c(SCc2ccc(Cl)cc2)nc(=O)c2c(C(=O)OC)cc(C)nc21. The molecule has 0 fully saturated rings. The number of fused-ring (bicyclic) bond motifs is 1. The number of methoxy groups -OCH3 is 1. The number of hydrogen-bond donors (Lipinski definition) is 0. The van der Waals surface area contributed by atoms with E-state index in [4.69, 9.17) is 16.3 Å². The monoisotopic (exact) mass is 403 g/mol. The van der Waals surface area contributed by atoms with Crippen LogP contribution in [0.2, 0.25) is 5.02 Å². The molecule has 6 nitrogen and oxygen atoms in total. The number of pyridine rings is 1. The molecule has 0 aliphatic heterocycles. The second-order valence-electron chi connectivity index (χ2n) is 5.86. The number of nitrogens with zero attached hydrogens (tertiary/aromatic N) is 3. The first-order chi connectivity index (χ1) is 12.9. The maximum Gasteiger partial charge on any atom is 0.338 e. The molecule has 0 saturated carbocycles. The number of esters is 1. The lowest BCUT2D eigenvalue weighted by Gasteiger charge is -2.14. The van der Waals surface area contributed by atoms with E-state index in [9.17, 15) is 9.59 Å². The van der Waals surface area contributed by atoms with Gasteiger partial charge < -0.3 is 9.30 Å².